The van der Waals surface area contributed by atoms with Crippen LogP contribution in [-0.4, -0.2) is 23.2 Å². The van der Waals surface area contributed by atoms with Gasteiger partial charge in [-0.3, -0.25) is 4.79 Å². The number of benzene rings is 1. The molecule has 0 unspecified atom stereocenters. The minimum Gasteiger partial charge on any atom is -0.394 e. The smallest absolute Gasteiger partial charge is 0.252 e. The van der Waals surface area contributed by atoms with Crippen molar-refractivity contribution in [3.63, 3.8) is 0 Å². The van der Waals surface area contributed by atoms with Crippen LogP contribution in [0.5, 0.6) is 0 Å². The van der Waals surface area contributed by atoms with Crippen LogP contribution in [0, 0.1) is 3.57 Å². The predicted octanol–water partition coefficient (Wildman–Crippen LogP) is 3.63. The molecule has 1 amide bonds. The second-order valence-corrected chi connectivity index (χ2v) is 6.77. The molecule has 3 nitrogen and oxygen atoms in total. The highest BCUT2D eigenvalue weighted by Gasteiger charge is 2.35. The highest BCUT2D eigenvalue weighted by Crippen LogP contribution is 2.31. The van der Waals surface area contributed by atoms with Crippen molar-refractivity contribution >= 4 is 51.7 Å². The summed E-state index contributed by atoms with van der Waals surface area (Å²) in [4.78, 5) is 12.3. The van der Waals surface area contributed by atoms with Crippen molar-refractivity contribution in [3.8, 4) is 0 Å². The van der Waals surface area contributed by atoms with Gasteiger partial charge in [0, 0.05) is 8.59 Å². The topological polar surface area (TPSA) is 49.3 Å². The third-order valence-electron chi connectivity index (χ3n) is 3.48. The van der Waals surface area contributed by atoms with E-state index in [1.165, 1.54) is 0 Å². The maximum absolute atomic E-state index is 12.3. The van der Waals surface area contributed by atoms with Crippen molar-refractivity contribution in [2.75, 3.05) is 6.61 Å². The average molecular weight is 414 g/mol. The summed E-state index contributed by atoms with van der Waals surface area (Å²) in [6, 6.07) is 3.21. The van der Waals surface area contributed by atoms with Crippen molar-refractivity contribution < 1.29 is 9.90 Å². The monoisotopic (exact) mass is 413 g/mol. The van der Waals surface area contributed by atoms with E-state index in [0.717, 1.165) is 25.7 Å². The van der Waals surface area contributed by atoms with E-state index in [4.69, 9.17) is 23.2 Å². The maximum atomic E-state index is 12.3. The fourth-order valence-corrected chi connectivity index (χ4v) is 3.45. The standard InChI is InChI=1S/C13H14Cl2INO2/c14-8-5-9(11(16)10(15)6-8)12(19)17-13(7-18)3-1-2-4-13/h5-6,18H,1-4,7H2,(H,17,19). The van der Waals surface area contributed by atoms with Crippen LogP contribution in [0.1, 0.15) is 36.0 Å². The van der Waals surface area contributed by atoms with Gasteiger partial charge >= 0.3 is 0 Å². The van der Waals surface area contributed by atoms with Crippen molar-refractivity contribution in [1.82, 2.24) is 5.32 Å². The zero-order valence-corrected chi connectivity index (χ0v) is 13.8. The minimum absolute atomic E-state index is 0.0381. The predicted molar refractivity (Wildman–Crippen MR) is 84.9 cm³/mol. The fourth-order valence-electron chi connectivity index (χ4n) is 2.40. The maximum Gasteiger partial charge on any atom is 0.252 e. The molecule has 0 heterocycles. The molecule has 1 aromatic carbocycles. The van der Waals surface area contributed by atoms with Gasteiger partial charge in [0.05, 0.1) is 22.7 Å². The number of aliphatic hydroxyl groups is 1. The van der Waals surface area contributed by atoms with E-state index in [2.05, 4.69) is 5.32 Å². The summed E-state index contributed by atoms with van der Waals surface area (Å²) in [5.41, 5.74) is -0.0348. The largest absolute Gasteiger partial charge is 0.394 e. The molecular weight excluding hydrogens is 400 g/mol. The van der Waals surface area contributed by atoms with E-state index < -0.39 is 5.54 Å². The summed E-state index contributed by atoms with van der Waals surface area (Å²) in [6.07, 6.45) is 3.66. The fraction of sp³-hybridized carbons (Fsp3) is 0.462. The van der Waals surface area contributed by atoms with Crippen molar-refractivity contribution in [2.24, 2.45) is 0 Å². The molecule has 0 aromatic heterocycles. The number of rotatable bonds is 3. The Hall–Kier alpha value is -0.0400. The quantitative estimate of drug-likeness (QED) is 0.587. The number of carbonyl (C=O) groups excluding carboxylic acids is 1. The van der Waals surface area contributed by atoms with Gasteiger partial charge in [0.15, 0.2) is 0 Å². The summed E-state index contributed by atoms with van der Waals surface area (Å²) >= 11 is 14.0. The first-order chi connectivity index (χ1) is 8.97. The summed E-state index contributed by atoms with van der Waals surface area (Å²) in [5, 5.41) is 13.4. The zero-order chi connectivity index (χ0) is 14.0. The van der Waals surface area contributed by atoms with Crippen LogP contribution in [0.4, 0.5) is 0 Å². The Morgan fingerprint density at radius 1 is 1.37 bits per heavy atom. The van der Waals surface area contributed by atoms with Gasteiger partial charge in [-0.2, -0.15) is 0 Å². The number of nitrogens with one attached hydrogen (secondary N) is 1. The SMILES string of the molecule is O=C(NC1(CO)CCCC1)c1cc(Cl)cc(Cl)c1I. The molecule has 19 heavy (non-hydrogen) atoms. The Bertz CT molecular complexity index is 502. The molecule has 6 heteroatoms. The lowest BCUT2D eigenvalue weighted by Gasteiger charge is -2.28. The first-order valence-corrected chi connectivity index (χ1v) is 7.89. The van der Waals surface area contributed by atoms with Crippen LogP contribution in [-0.2, 0) is 0 Å². The Kier molecular flexibility index (Phi) is 4.98. The minimum atomic E-state index is -0.491. The Labute approximate surface area is 135 Å². The number of aliphatic hydroxyl groups excluding tert-OH is 1. The molecule has 0 radical (unpaired) electrons. The van der Waals surface area contributed by atoms with Crippen LogP contribution in [0.3, 0.4) is 0 Å². The number of halogens is 3. The molecule has 0 atom stereocenters. The van der Waals surface area contributed by atoms with E-state index in [1.54, 1.807) is 12.1 Å². The highest BCUT2D eigenvalue weighted by atomic mass is 127. The molecule has 1 fully saturated rings. The number of hydrogen-bond acceptors (Lipinski definition) is 2. The van der Waals surface area contributed by atoms with Crippen molar-refractivity contribution in [2.45, 2.75) is 31.2 Å². The van der Waals surface area contributed by atoms with Crippen molar-refractivity contribution in [1.29, 1.82) is 0 Å². The molecule has 104 valence electrons. The Morgan fingerprint density at radius 2 is 2.00 bits per heavy atom. The Morgan fingerprint density at radius 3 is 2.58 bits per heavy atom. The molecule has 2 N–H and O–H groups in total. The molecule has 0 bridgehead atoms. The first kappa shape index (κ1) is 15.4. The summed E-state index contributed by atoms with van der Waals surface area (Å²) in [5.74, 6) is -0.232. The third-order valence-corrected chi connectivity index (χ3v) is 5.48. The molecule has 1 saturated carbocycles. The van der Waals surface area contributed by atoms with Gasteiger partial charge in [0.1, 0.15) is 0 Å². The number of amides is 1. The average Bonchev–Trinajstić information content (AvgIpc) is 2.82. The first-order valence-electron chi connectivity index (χ1n) is 6.05. The molecule has 1 aromatic rings. The van der Waals surface area contributed by atoms with Gasteiger partial charge < -0.3 is 10.4 Å². The number of hydrogen-bond donors (Lipinski definition) is 2. The van der Waals surface area contributed by atoms with Crippen LogP contribution < -0.4 is 5.32 Å². The van der Waals surface area contributed by atoms with Crippen LogP contribution in [0.25, 0.3) is 0 Å². The molecule has 0 saturated heterocycles. The third kappa shape index (κ3) is 3.35. The van der Waals surface area contributed by atoms with E-state index in [0.29, 0.717) is 19.2 Å². The molecule has 1 aliphatic rings. The van der Waals surface area contributed by atoms with E-state index in [9.17, 15) is 9.90 Å². The number of carbonyl (C=O) groups is 1. The van der Waals surface area contributed by atoms with E-state index in [-0.39, 0.29) is 12.5 Å². The van der Waals surface area contributed by atoms with E-state index in [1.807, 2.05) is 22.6 Å². The lowest BCUT2D eigenvalue weighted by molar-refractivity contribution is 0.0837. The summed E-state index contributed by atoms with van der Waals surface area (Å²) < 4.78 is 0.673. The van der Waals surface area contributed by atoms with Crippen molar-refractivity contribution in [3.05, 3.63) is 31.3 Å². The lowest BCUT2D eigenvalue weighted by atomic mass is 9.98. The van der Waals surface area contributed by atoms with Crippen LogP contribution >= 0.6 is 45.8 Å². The van der Waals surface area contributed by atoms with Gasteiger partial charge in [0.25, 0.3) is 5.91 Å². The zero-order valence-electron chi connectivity index (χ0n) is 10.2. The second kappa shape index (κ2) is 6.16. The van der Waals surface area contributed by atoms with Gasteiger partial charge in [0.2, 0.25) is 0 Å². The van der Waals surface area contributed by atoms with Gasteiger partial charge in [-0.05, 0) is 47.6 Å². The second-order valence-electron chi connectivity index (χ2n) is 4.85. The van der Waals surface area contributed by atoms with E-state index >= 15 is 0 Å². The van der Waals surface area contributed by atoms with Gasteiger partial charge in [-0.15, -0.1) is 0 Å². The molecule has 0 spiro atoms. The molecule has 1 aliphatic carbocycles. The molecule has 2 rings (SSSR count). The molecular formula is C13H14Cl2INO2. The summed E-state index contributed by atoms with van der Waals surface area (Å²) in [7, 11) is 0. The normalized spacial score (nSPS) is 17.5. The van der Waals surface area contributed by atoms with Crippen LogP contribution in [0.15, 0.2) is 12.1 Å². The van der Waals surface area contributed by atoms with Crippen LogP contribution in [0.2, 0.25) is 10.0 Å². The lowest BCUT2D eigenvalue weighted by Crippen LogP contribution is -2.49. The Balaban J connectivity index is 2.25. The molecule has 0 aliphatic heterocycles. The summed E-state index contributed by atoms with van der Waals surface area (Å²) in [6.45, 7) is -0.0381. The van der Waals surface area contributed by atoms with Gasteiger partial charge in [-0.25, -0.2) is 0 Å². The van der Waals surface area contributed by atoms with Gasteiger partial charge in [-0.1, -0.05) is 36.0 Å². The highest BCUT2D eigenvalue weighted by molar-refractivity contribution is 14.1.